The summed E-state index contributed by atoms with van der Waals surface area (Å²) in [5, 5.41) is 10.5. The Balaban J connectivity index is 2.27. The third-order valence-electron chi connectivity index (χ3n) is 5.45. The molecular formula is C15H28O2. The van der Waals surface area contributed by atoms with E-state index in [1.165, 1.54) is 0 Å². The first-order valence-corrected chi connectivity index (χ1v) is 7.14. The highest BCUT2D eigenvalue weighted by atomic mass is 16.5. The topological polar surface area (TPSA) is 29.5 Å². The summed E-state index contributed by atoms with van der Waals surface area (Å²) in [6.07, 6.45) is 4.44. The fourth-order valence-electron chi connectivity index (χ4n) is 3.73. The van der Waals surface area contributed by atoms with Crippen LogP contribution in [0.15, 0.2) is 0 Å². The lowest BCUT2D eigenvalue weighted by molar-refractivity contribution is -0.193. The monoisotopic (exact) mass is 240 g/mol. The Labute approximate surface area is 106 Å². The van der Waals surface area contributed by atoms with E-state index in [0.29, 0.717) is 17.9 Å². The Kier molecular flexibility index (Phi) is 3.33. The first kappa shape index (κ1) is 13.4. The molecule has 1 saturated carbocycles. The van der Waals surface area contributed by atoms with Gasteiger partial charge in [0.1, 0.15) is 0 Å². The lowest BCUT2D eigenvalue weighted by Crippen LogP contribution is -2.57. The largest absolute Gasteiger partial charge is 0.392 e. The number of ether oxygens (including phenoxy) is 1. The summed E-state index contributed by atoms with van der Waals surface area (Å²) in [7, 11) is 0. The van der Waals surface area contributed by atoms with Crippen LogP contribution < -0.4 is 0 Å². The Bertz CT molecular complexity index is 285. The van der Waals surface area contributed by atoms with Gasteiger partial charge in [-0.2, -0.15) is 0 Å². The average molecular weight is 240 g/mol. The van der Waals surface area contributed by atoms with Crippen molar-refractivity contribution in [1.82, 2.24) is 0 Å². The standard InChI is InChI=1S/C15H28O2/c1-10(2)12-8-13(16)14(4,5)15(9-12)7-6-11(3)17-15/h10-13,16H,6-9H2,1-5H3/t11-,12-,13-,15?/m1/s1. The number of rotatable bonds is 1. The van der Waals surface area contributed by atoms with Crippen LogP contribution in [0, 0.1) is 17.3 Å². The molecule has 0 amide bonds. The van der Waals surface area contributed by atoms with E-state index in [4.69, 9.17) is 4.74 Å². The fraction of sp³-hybridized carbons (Fsp3) is 1.00. The maximum absolute atomic E-state index is 10.5. The van der Waals surface area contributed by atoms with Crippen molar-refractivity contribution in [3.63, 3.8) is 0 Å². The molecule has 17 heavy (non-hydrogen) atoms. The minimum atomic E-state index is -0.228. The first-order valence-electron chi connectivity index (χ1n) is 7.14. The SMILES string of the molecule is CC(C)[C@@H]1C[C@@H](O)C(C)(C)C2(CC[C@@H](C)O2)C1. The summed E-state index contributed by atoms with van der Waals surface area (Å²) in [5.41, 5.74) is -0.192. The average Bonchev–Trinajstić information content (AvgIpc) is 2.58. The van der Waals surface area contributed by atoms with Gasteiger partial charge in [-0.25, -0.2) is 0 Å². The van der Waals surface area contributed by atoms with Gasteiger partial charge in [-0.1, -0.05) is 27.7 Å². The third-order valence-corrected chi connectivity index (χ3v) is 5.45. The van der Waals surface area contributed by atoms with Gasteiger partial charge in [-0.05, 0) is 44.4 Å². The molecule has 0 aromatic heterocycles. The van der Waals surface area contributed by atoms with Crippen molar-refractivity contribution in [3.05, 3.63) is 0 Å². The van der Waals surface area contributed by atoms with Gasteiger partial charge < -0.3 is 9.84 Å². The summed E-state index contributed by atoms with van der Waals surface area (Å²) in [5.74, 6) is 1.24. The number of hydrogen-bond acceptors (Lipinski definition) is 2. The molecular weight excluding hydrogens is 212 g/mol. The highest BCUT2D eigenvalue weighted by Crippen LogP contribution is 2.55. The Hall–Kier alpha value is -0.0800. The molecule has 0 bridgehead atoms. The zero-order valence-electron chi connectivity index (χ0n) is 12.0. The molecule has 1 aliphatic heterocycles. The van der Waals surface area contributed by atoms with E-state index < -0.39 is 0 Å². The zero-order valence-corrected chi connectivity index (χ0v) is 12.0. The molecule has 4 atom stereocenters. The summed E-state index contributed by atoms with van der Waals surface area (Å²) >= 11 is 0. The summed E-state index contributed by atoms with van der Waals surface area (Å²) in [6, 6.07) is 0. The highest BCUT2D eigenvalue weighted by molar-refractivity contribution is 5.07. The molecule has 1 saturated heterocycles. The molecule has 1 aliphatic carbocycles. The van der Waals surface area contributed by atoms with Crippen molar-refractivity contribution in [2.75, 3.05) is 0 Å². The molecule has 0 aromatic rings. The normalized spacial score (nSPS) is 45.7. The predicted octanol–water partition coefficient (Wildman–Crippen LogP) is 3.38. The van der Waals surface area contributed by atoms with E-state index in [0.717, 1.165) is 25.7 Å². The number of aliphatic hydroxyl groups is 1. The van der Waals surface area contributed by atoms with Gasteiger partial charge in [0.15, 0.2) is 0 Å². The molecule has 1 N–H and O–H groups in total. The molecule has 100 valence electrons. The fourth-order valence-corrected chi connectivity index (χ4v) is 3.73. The Morgan fingerprint density at radius 1 is 1.29 bits per heavy atom. The maximum Gasteiger partial charge on any atom is 0.0765 e. The van der Waals surface area contributed by atoms with Crippen LogP contribution in [0.25, 0.3) is 0 Å². The number of hydrogen-bond donors (Lipinski definition) is 1. The van der Waals surface area contributed by atoms with E-state index in [2.05, 4.69) is 34.6 Å². The summed E-state index contributed by atoms with van der Waals surface area (Å²) in [4.78, 5) is 0. The lowest BCUT2D eigenvalue weighted by Gasteiger charge is -2.53. The van der Waals surface area contributed by atoms with Gasteiger partial charge >= 0.3 is 0 Å². The molecule has 2 rings (SSSR count). The van der Waals surface area contributed by atoms with E-state index in [1.54, 1.807) is 0 Å². The summed E-state index contributed by atoms with van der Waals surface area (Å²) in [6.45, 7) is 11.1. The van der Waals surface area contributed by atoms with Gasteiger partial charge in [0.2, 0.25) is 0 Å². The second-order valence-electron chi connectivity index (χ2n) is 7.14. The molecule has 1 unspecified atom stereocenters. The van der Waals surface area contributed by atoms with Crippen LogP contribution in [-0.2, 0) is 4.74 Å². The maximum atomic E-state index is 10.5. The molecule has 2 fully saturated rings. The minimum Gasteiger partial charge on any atom is -0.392 e. The van der Waals surface area contributed by atoms with Crippen molar-refractivity contribution in [3.8, 4) is 0 Å². The molecule has 0 radical (unpaired) electrons. The molecule has 1 spiro atoms. The molecule has 2 heteroatoms. The second kappa shape index (κ2) is 4.24. The van der Waals surface area contributed by atoms with Crippen LogP contribution in [-0.4, -0.2) is 22.9 Å². The lowest BCUT2D eigenvalue weighted by atomic mass is 9.58. The van der Waals surface area contributed by atoms with Gasteiger partial charge in [0, 0.05) is 5.41 Å². The van der Waals surface area contributed by atoms with Crippen molar-refractivity contribution in [2.24, 2.45) is 17.3 Å². The Morgan fingerprint density at radius 3 is 2.41 bits per heavy atom. The van der Waals surface area contributed by atoms with Gasteiger partial charge in [-0.3, -0.25) is 0 Å². The van der Waals surface area contributed by atoms with Crippen molar-refractivity contribution >= 4 is 0 Å². The Morgan fingerprint density at radius 2 is 1.94 bits per heavy atom. The van der Waals surface area contributed by atoms with Crippen LogP contribution in [0.4, 0.5) is 0 Å². The van der Waals surface area contributed by atoms with E-state index >= 15 is 0 Å². The zero-order chi connectivity index (χ0) is 12.8. The number of aliphatic hydroxyl groups excluding tert-OH is 1. The molecule has 2 nitrogen and oxygen atoms in total. The van der Waals surface area contributed by atoms with E-state index in [9.17, 15) is 5.11 Å². The van der Waals surface area contributed by atoms with Crippen LogP contribution in [0.3, 0.4) is 0 Å². The predicted molar refractivity (Wildman–Crippen MR) is 69.9 cm³/mol. The third kappa shape index (κ3) is 2.04. The van der Waals surface area contributed by atoms with Gasteiger partial charge in [0.25, 0.3) is 0 Å². The van der Waals surface area contributed by atoms with Gasteiger partial charge in [-0.15, -0.1) is 0 Å². The smallest absolute Gasteiger partial charge is 0.0765 e. The van der Waals surface area contributed by atoms with Gasteiger partial charge in [0.05, 0.1) is 17.8 Å². The van der Waals surface area contributed by atoms with Crippen molar-refractivity contribution in [1.29, 1.82) is 0 Å². The minimum absolute atomic E-state index is 0.0843. The quantitative estimate of drug-likeness (QED) is 0.761. The highest BCUT2D eigenvalue weighted by Gasteiger charge is 2.57. The van der Waals surface area contributed by atoms with E-state index in [1.807, 2.05) is 0 Å². The van der Waals surface area contributed by atoms with Crippen LogP contribution >= 0.6 is 0 Å². The molecule has 2 aliphatic rings. The van der Waals surface area contributed by atoms with E-state index in [-0.39, 0.29) is 17.1 Å². The molecule has 1 heterocycles. The summed E-state index contributed by atoms with van der Waals surface area (Å²) < 4.78 is 6.30. The molecule has 0 aromatic carbocycles. The van der Waals surface area contributed by atoms with Crippen molar-refractivity contribution < 1.29 is 9.84 Å². The van der Waals surface area contributed by atoms with Crippen LogP contribution in [0.1, 0.15) is 60.3 Å². The van der Waals surface area contributed by atoms with Crippen molar-refractivity contribution in [2.45, 2.75) is 78.1 Å². The first-order chi connectivity index (χ1) is 7.78. The van der Waals surface area contributed by atoms with Crippen LogP contribution in [0.5, 0.6) is 0 Å². The second-order valence-corrected chi connectivity index (χ2v) is 7.14. The van der Waals surface area contributed by atoms with Crippen LogP contribution in [0.2, 0.25) is 0 Å².